The summed E-state index contributed by atoms with van der Waals surface area (Å²) in [6, 6.07) is 13.9. The van der Waals surface area contributed by atoms with Crippen LogP contribution in [-0.2, 0) is 12.8 Å². The lowest BCUT2D eigenvalue weighted by Gasteiger charge is -2.20. The van der Waals surface area contributed by atoms with Crippen molar-refractivity contribution in [1.82, 2.24) is 9.97 Å². The maximum Gasteiger partial charge on any atom is 0.228 e. The van der Waals surface area contributed by atoms with Crippen molar-refractivity contribution in [3.8, 4) is 17.5 Å². The number of hydrogen-bond donors (Lipinski definition) is 0. The van der Waals surface area contributed by atoms with Crippen molar-refractivity contribution in [3.63, 3.8) is 0 Å². The minimum absolute atomic E-state index is 0.380. The first-order chi connectivity index (χ1) is 11.3. The van der Waals surface area contributed by atoms with Crippen molar-refractivity contribution >= 4 is 0 Å². The van der Waals surface area contributed by atoms with Gasteiger partial charge in [0.05, 0.1) is 22.9 Å². The van der Waals surface area contributed by atoms with Gasteiger partial charge in [0.15, 0.2) is 0 Å². The number of hydrogen-bond acceptors (Lipinski definition) is 4. The molecule has 1 aliphatic carbocycles. The fraction of sp³-hybridized carbons (Fsp3) is 0.211. The van der Waals surface area contributed by atoms with Gasteiger partial charge < -0.3 is 4.42 Å². The van der Waals surface area contributed by atoms with E-state index in [0.717, 1.165) is 36.3 Å². The lowest BCUT2D eigenvalue weighted by molar-refractivity contribution is 0.458. The molecule has 0 amide bonds. The van der Waals surface area contributed by atoms with Crippen LogP contribution in [0.25, 0.3) is 11.5 Å². The Hall–Kier alpha value is -2.93. The summed E-state index contributed by atoms with van der Waals surface area (Å²) in [5.74, 6) is 1.99. The zero-order valence-electron chi connectivity index (χ0n) is 12.6. The third-order valence-corrected chi connectivity index (χ3v) is 4.34. The zero-order valence-corrected chi connectivity index (χ0v) is 12.6. The number of pyridine rings is 1. The number of rotatable bonds is 2. The molecule has 0 fully saturated rings. The van der Waals surface area contributed by atoms with Gasteiger partial charge in [-0.15, -0.1) is 0 Å². The molecular weight excluding hydrogens is 286 g/mol. The smallest absolute Gasteiger partial charge is 0.228 e. The highest BCUT2D eigenvalue weighted by Crippen LogP contribution is 2.35. The number of benzene rings is 1. The molecule has 2 aromatic heterocycles. The van der Waals surface area contributed by atoms with E-state index < -0.39 is 0 Å². The minimum atomic E-state index is 0.380. The summed E-state index contributed by atoms with van der Waals surface area (Å²) < 4.78 is 5.98. The Bertz CT molecular complexity index is 877. The van der Waals surface area contributed by atoms with E-state index in [2.05, 4.69) is 22.1 Å². The maximum absolute atomic E-state index is 9.06. The van der Waals surface area contributed by atoms with Crippen LogP contribution in [-0.4, -0.2) is 9.97 Å². The van der Waals surface area contributed by atoms with Crippen molar-refractivity contribution in [3.05, 3.63) is 71.4 Å². The minimum Gasteiger partial charge on any atom is -0.441 e. The number of nitriles is 1. The molecule has 0 spiro atoms. The number of aromatic nitrogens is 2. The zero-order chi connectivity index (χ0) is 15.6. The van der Waals surface area contributed by atoms with E-state index in [-0.39, 0.29) is 0 Å². The van der Waals surface area contributed by atoms with Gasteiger partial charge in [0.1, 0.15) is 5.76 Å². The van der Waals surface area contributed by atoms with Crippen LogP contribution in [0.2, 0.25) is 0 Å². The van der Waals surface area contributed by atoms with E-state index in [1.54, 1.807) is 12.4 Å². The third-order valence-electron chi connectivity index (χ3n) is 4.34. The predicted octanol–water partition coefficient (Wildman–Crippen LogP) is 3.88. The normalized spacial score (nSPS) is 16.6. The van der Waals surface area contributed by atoms with Gasteiger partial charge in [-0.3, -0.25) is 4.98 Å². The molecule has 4 heteroatoms. The van der Waals surface area contributed by atoms with Crippen LogP contribution < -0.4 is 0 Å². The Morgan fingerprint density at radius 2 is 2.17 bits per heavy atom. The molecular formula is C19H15N3O. The Morgan fingerprint density at radius 3 is 3.00 bits per heavy atom. The standard InChI is InChI=1S/C19H15N3O/c20-11-13-3-1-4-14(9-13)15-6-7-17-18(10-15)23-19(22-17)16-5-2-8-21-12-16/h1-5,8-9,12,15H,6-7,10H2. The van der Waals surface area contributed by atoms with Crippen LogP contribution in [0.1, 0.15) is 34.9 Å². The third kappa shape index (κ3) is 2.62. The fourth-order valence-corrected chi connectivity index (χ4v) is 3.13. The van der Waals surface area contributed by atoms with Gasteiger partial charge in [-0.2, -0.15) is 5.26 Å². The van der Waals surface area contributed by atoms with E-state index >= 15 is 0 Å². The average molecular weight is 301 g/mol. The largest absolute Gasteiger partial charge is 0.441 e. The van der Waals surface area contributed by atoms with Crippen molar-refractivity contribution in [1.29, 1.82) is 5.26 Å². The second kappa shape index (κ2) is 5.69. The van der Waals surface area contributed by atoms with Gasteiger partial charge in [-0.25, -0.2) is 4.98 Å². The van der Waals surface area contributed by atoms with E-state index in [9.17, 15) is 0 Å². The highest BCUT2D eigenvalue weighted by Gasteiger charge is 2.25. The number of oxazole rings is 1. The van der Waals surface area contributed by atoms with Crippen LogP contribution in [0.5, 0.6) is 0 Å². The molecule has 1 aromatic carbocycles. The van der Waals surface area contributed by atoms with Gasteiger partial charge in [0.25, 0.3) is 0 Å². The lowest BCUT2D eigenvalue weighted by Crippen LogP contribution is -2.11. The maximum atomic E-state index is 9.06. The SMILES string of the molecule is N#Cc1cccc(C2CCc3nc(-c4cccnc4)oc3C2)c1. The highest BCUT2D eigenvalue weighted by molar-refractivity contribution is 5.52. The molecule has 0 N–H and O–H groups in total. The monoisotopic (exact) mass is 301 g/mol. The quantitative estimate of drug-likeness (QED) is 0.720. The Kier molecular flexibility index (Phi) is 3.39. The molecule has 1 aliphatic rings. The van der Waals surface area contributed by atoms with Crippen LogP contribution in [0, 0.1) is 11.3 Å². The average Bonchev–Trinajstić information content (AvgIpc) is 3.06. The molecule has 3 aromatic rings. The Balaban J connectivity index is 1.62. The van der Waals surface area contributed by atoms with Crippen LogP contribution in [0.4, 0.5) is 0 Å². The summed E-state index contributed by atoms with van der Waals surface area (Å²) >= 11 is 0. The van der Waals surface area contributed by atoms with Gasteiger partial charge >= 0.3 is 0 Å². The van der Waals surface area contributed by atoms with E-state index in [0.29, 0.717) is 17.4 Å². The van der Waals surface area contributed by atoms with Crippen LogP contribution in [0.15, 0.2) is 53.2 Å². The summed E-state index contributed by atoms with van der Waals surface area (Å²) in [7, 11) is 0. The van der Waals surface area contributed by atoms with Gasteiger partial charge in [-0.1, -0.05) is 12.1 Å². The van der Waals surface area contributed by atoms with Crippen molar-refractivity contribution in [2.24, 2.45) is 0 Å². The molecule has 0 bridgehead atoms. The summed E-state index contributed by atoms with van der Waals surface area (Å²) in [4.78, 5) is 8.74. The Labute approximate surface area is 134 Å². The number of nitrogens with zero attached hydrogens (tertiary/aromatic N) is 3. The van der Waals surface area contributed by atoms with E-state index in [1.165, 1.54) is 5.56 Å². The Morgan fingerprint density at radius 1 is 1.22 bits per heavy atom. The number of aryl methyl sites for hydroxylation is 1. The van der Waals surface area contributed by atoms with Crippen LogP contribution >= 0.6 is 0 Å². The topological polar surface area (TPSA) is 62.7 Å². The molecule has 23 heavy (non-hydrogen) atoms. The van der Waals surface area contributed by atoms with Gasteiger partial charge in [0, 0.05) is 18.8 Å². The predicted molar refractivity (Wildman–Crippen MR) is 85.7 cm³/mol. The molecule has 0 radical (unpaired) electrons. The summed E-state index contributed by atoms with van der Waals surface area (Å²) in [6.45, 7) is 0. The summed E-state index contributed by atoms with van der Waals surface area (Å²) in [5, 5.41) is 9.06. The molecule has 1 unspecified atom stereocenters. The van der Waals surface area contributed by atoms with Gasteiger partial charge in [-0.05, 0) is 48.6 Å². The fourth-order valence-electron chi connectivity index (χ4n) is 3.13. The highest BCUT2D eigenvalue weighted by atomic mass is 16.4. The molecule has 112 valence electrons. The van der Waals surface area contributed by atoms with Crippen molar-refractivity contribution < 1.29 is 4.42 Å². The first-order valence-electron chi connectivity index (χ1n) is 7.72. The van der Waals surface area contributed by atoms with Crippen LogP contribution in [0.3, 0.4) is 0 Å². The first kappa shape index (κ1) is 13.7. The van der Waals surface area contributed by atoms with E-state index in [4.69, 9.17) is 9.68 Å². The molecule has 4 nitrogen and oxygen atoms in total. The van der Waals surface area contributed by atoms with Crippen molar-refractivity contribution in [2.45, 2.75) is 25.2 Å². The first-order valence-corrected chi connectivity index (χ1v) is 7.72. The molecule has 0 saturated carbocycles. The molecule has 1 atom stereocenters. The summed E-state index contributed by atoms with van der Waals surface area (Å²) in [6.07, 6.45) is 6.27. The lowest BCUT2D eigenvalue weighted by atomic mass is 9.84. The number of fused-ring (bicyclic) bond motifs is 1. The molecule has 0 saturated heterocycles. The molecule has 4 rings (SSSR count). The van der Waals surface area contributed by atoms with Crippen molar-refractivity contribution in [2.75, 3.05) is 0 Å². The van der Waals surface area contributed by atoms with Gasteiger partial charge in [0.2, 0.25) is 5.89 Å². The molecule has 2 heterocycles. The summed E-state index contributed by atoms with van der Waals surface area (Å²) in [5.41, 5.74) is 3.87. The second-order valence-corrected chi connectivity index (χ2v) is 5.81. The second-order valence-electron chi connectivity index (χ2n) is 5.81. The van der Waals surface area contributed by atoms with E-state index in [1.807, 2.05) is 30.3 Å². The molecule has 0 aliphatic heterocycles.